The highest BCUT2D eigenvalue weighted by Gasteiger charge is 2.30. The van der Waals surface area contributed by atoms with Crippen molar-refractivity contribution in [3.05, 3.63) is 182 Å². The van der Waals surface area contributed by atoms with Crippen LogP contribution in [-0.2, 0) is 65.4 Å². The van der Waals surface area contributed by atoms with Crippen molar-refractivity contribution in [2.45, 2.75) is 277 Å². The molecule has 0 bridgehead atoms. The molecule has 0 aromatic carbocycles. The van der Waals surface area contributed by atoms with Crippen molar-refractivity contribution in [1.29, 1.82) is 0 Å². The predicted octanol–water partition coefficient (Wildman–Crippen LogP) is 22.0. The zero-order chi connectivity index (χ0) is 74.6. The molecule has 0 aromatic heterocycles. The van der Waals surface area contributed by atoms with E-state index in [1.807, 2.05) is 24.3 Å². The third kappa shape index (κ3) is 72.5. The molecular formula is C83H132O17P2. The van der Waals surface area contributed by atoms with Gasteiger partial charge in [0.25, 0.3) is 0 Å². The van der Waals surface area contributed by atoms with Crippen molar-refractivity contribution < 1.29 is 80.2 Å². The zero-order valence-corrected chi connectivity index (χ0v) is 64.5. The molecule has 102 heavy (non-hydrogen) atoms. The summed E-state index contributed by atoms with van der Waals surface area (Å²) in [6, 6.07) is 0. The lowest BCUT2D eigenvalue weighted by Crippen LogP contribution is -2.30. The number of hydrogen-bond acceptors (Lipinski definition) is 15. The quantitative estimate of drug-likeness (QED) is 0.0169. The number of esters is 4. The Kier molecular flexibility index (Phi) is 69.3. The molecule has 0 heterocycles. The molecule has 0 aromatic rings. The molecule has 0 rings (SSSR count). The first-order valence-electron chi connectivity index (χ1n) is 38.0. The van der Waals surface area contributed by atoms with Crippen LogP contribution in [0.15, 0.2) is 182 Å². The van der Waals surface area contributed by atoms with Crippen molar-refractivity contribution in [3.8, 4) is 0 Å². The Bertz CT molecular complexity index is 2650. The second-order valence-electron chi connectivity index (χ2n) is 24.4. The number of unbranched alkanes of at least 4 members (excludes halogenated alkanes) is 13. The molecule has 0 amide bonds. The fourth-order valence-electron chi connectivity index (χ4n) is 9.16. The maximum atomic E-state index is 13.1. The van der Waals surface area contributed by atoms with Crippen LogP contribution in [0.1, 0.15) is 259 Å². The fourth-order valence-corrected chi connectivity index (χ4v) is 10.7. The highest BCUT2D eigenvalue weighted by atomic mass is 31.2. The Hall–Kier alpha value is -5.84. The first-order chi connectivity index (χ1) is 49.7. The van der Waals surface area contributed by atoms with Gasteiger partial charge in [-0.1, -0.05) is 249 Å². The molecule has 3 N–H and O–H groups in total. The molecule has 5 unspecified atom stereocenters. The Morgan fingerprint density at radius 3 is 0.863 bits per heavy atom. The number of phosphoric acid groups is 2. The molecule has 0 spiro atoms. The maximum absolute atomic E-state index is 13.1. The summed E-state index contributed by atoms with van der Waals surface area (Å²) in [6.07, 6.45) is 87.6. The number of phosphoric ester groups is 2. The summed E-state index contributed by atoms with van der Waals surface area (Å²) in [7, 11) is -10.0. The number of rotatable bonds is 69. The third-order valence-electron chi connectivity index (χ3n) is 14.8. The minimum Gasteiger partial charge on any atom is -0.462 e. The number of allylic oxidation sites excluding steroid dienone is 30. The average Bonchev–Trinajstić information content (AvgIpc) is 0.959. The largest absolute Gasteiger partial charge is 0.472 e. The first-order valence-corrected chi connectivity index (χ1v) is 41.0. The number of aliphatic hydroxyl groups excluding tert-OH is 1. The lowest BCUT2D eigenvalue weighted by molar-refractivity contribution is -0.161. The fraction of sp³-hybridized carbons (Fsp3) is 0.590. The summed E-state index contributed by atoms with van der Waals surface area (Å²) in [5, 5.41) is 10.6. The van der Waals surface area contributed by atoms with Crippen molar-refractivity contribution >= 4 is 39.5 Å². The summed E-state index contributed by atoms with van der Waals surface area (Å²) in [4.78, 5) is 72.8. The number of carbonyl (C=O) groups excluding carboxylic acids is 4. The lowest BCUT2D eigenvalue weighted by atomic mass is 10.1. The second kappa shape index (κ2) is 73.5. The van der Waals surface area contributed by atoms with E-state index in [4.69, 9.17) is 37.0 Å². The van der Waals surface area contributed by atoms with Gasteiger partial charge in [-0.3, -0.25) is 37.3 Å². The Labute approximate surface area is 615 Å². The van der Waals surface area contributed by atoms with Crippen LogP contribution in [0.25, 0.3) is 0 Å². The van der Waals surface area contributed by atoms with Crippen LogP contribution in [0, 0.1) is 0 Å². The van der Waals surface area contributed by atoms with Crippen LogP contribution < -0.4 is 0 Å². The summed E-state index contributed by atoms with van der Waals surface area (Å²) in [6.45, 7) is 4.28. The summed E-state index contributed by atoms with van der Waals surface area (Å²) < 4.78 is 68.3. The highest BCUT2D eigenvalue weighted by molar-refractivity contribution is 7.47. The van der Waals surface area contributed by atoms with Crippen LogP contribution in [-0.4, -0.2) is 96.7 Å². The van der Waals surface area contributed by atoms with E-state index in [9.17, 15) is 43.2 Å². The first kappa shape index (κ1) is 96.2. The monoisotopic (exact) mass is 1460 g/mol. The van der Waals surface area contributed by atoms with Gasteiger partial charge in [0.2, 0.25) is 0 Å². The summed E-state index contributed by atoms with van der Waals surface area (Å²) >= 11 is 0. The number of aliphatic hydroxyl groups is 1. The maximum Gasteiger partial charge on any atom is 0.472 e. The Morgan fingerprint density at radius 2 is 0.520 bits per heavy atom. The smallest absolute Gasteiger partial charge is 0.462 e. The SMILES string of the molecule is CC/C=C\C/C=C\C/C=C\C/C=C\C/C=C\CCCC(=O)OCC(COP(=O)(O)OCC(O)COP(=O)(O)OCC(COC(=O)CCCC/C=C\C/C=C\C/C=C\C/C=C\CC)OC(=O)CCCCCCC/C=C\CCCCCC)OC(=O)CCC/C=C\C/C=C\C/C=C\C/C=C\C/C=C\CC. The van der Waals surface area contributed by atoms with E-state index in [-0.39, 0.29) is 25.7 Å². The zero-order valence-electron chi connectivity index (χ0n) is 62.7. The second-order valence-corrected chi connectivity index (χ2v) is 27.3. The van der Waals surface area contributed by atoms with Gasteiger partial charge < -0.3 is 33.8 Å². The summed E-state index contributed by atoms with van der Waals surface area (Å²) in [5.41, 5.74) is 0. The molecule has 0 aliphatic rings. The van der Waals surface area contributed by atoms with Crippen molar-refractivity contribution in [3.63, 3.8) is 0 Å². The molecule has 0 saturated carbocycles. The number of hydrogen-bond donors (Lipinski definition) is 3. The van der Waals surface area contributed by atoms with Crippen LogP contribution in [0.4, 0.5) is 0 Å². The van der Waals surface area contributed by atoms with Crippen molar-refractivity contribution in [2.24, 2.45) is 0 Å². The average molecular weight is 1460 g/mol. The van der Waals surface area contributed by atoms with Crippen molar-refractivity contribution in [2.75, 3.05) is 39.6 Å². The van der Waals surface area contributed by atoms with Gasteiger partial charge in [-0.05, 0) is 167 Å². The van der Waals surface area contributed by atoms with Gasteiger partial charge in [0.1, 0.15) is 19.3 Å². The van der Waals surface area contributed by atoms with Gasteiger partial charge in [0, 0.05) is 25.7 Å². The van der Waals surface area contributed by atoms with Gasteiger partial charge in [-0.2, -0.15) is 0 Å². The normalized spacial score (nSPS) is 14.9. The van der Waals surface area contributed by atoms with E-state index >= 15 is 0 Å². The van der Waals surface area contributed by atoms with E-state index in [0.717, 1.165) is 141 Å². The van der Waals surface area contributed by atoms with Gasteiger partial charge in [-0.25, -0.2) is 9.13 Å². The molecule has 17 nitrogen and oxygen atoms in total. The molecule has 19 heteroatoms. The van der Waals surface area contributed by atoms with E-state index < -0.39 is 97.5 Å². The Morgan fingerprint density at radius 1 is 0.284 bits per heavy atom. The molecule has 0 fully saturated rings. The molecule has 0 radical (unpaired) electrons. The van der Waals surface area contributed by atoms with E-state index in [0.29, 0.717) is 38.5 Å². The minimum atomic E-state index is -5.02. The topological polar surface area (TPSA) is 237 Å². The summed E-state index contributed by atoms with van der Waals surface area (Å²) in [5.74, 6) is -2.39. The molecular weight excluding hydrogens is 1330 g/mol. The van der Waals surface area contributed by atoms with Gasteiger partial charge in [0.15, 0.2) is 12.2 Å². The molecule has 0 aliphatic carbocycles. The van der Waals surface area contributed by atoms with Crippen LogP contribution in [0.5, 0.6) is 0 Å². The lowest BCUT2D eigenvalue weighted by Gasteiger charge is -2.21. The van der Waals surface area contributed by atoms with E-state index in [2.05, 4.69) is 186 Å². The third-order valence-corrected chi connectivity index (χ3v) is 16.7. The van der Waals surface area contributed by atoms with Gasteiger partial charge in [0.05, 0.1) is 26.4 Å². The number of ether oxygens (including phenoxy) is 4. The van der Waals surface area contributed by atoms with Crippen LogP contribution in [0.2, 0.25) is 0 Å². The predicted molar refractivity (Wildman–Crippen MR) is 417 cm³/mol. The van der Waals surface area contributed by atoms with E-state index in [1.54, 1.807) is 0 Å². The van der Waals surface area contributed by atoms with Gasteiger partial charge in [-0.15, -0.1) is 0 Å². The van der Waals surface area contributed by atoms with Gasteiger partial charge >= 0.3 is 39.5 Å². The van der Waals surface area contributed by atoms with E-state index in [1.165, 1.54) is 25.7 Å². The molecule has 5 atom stereocenters. The van der Waals surface area contributed by atoms with Crippen LogP contribution >= 0.6 is 15.6 Å². The van der Waals surface area contributed by atoms with Crippen molar-refractivity contribution in [1.82, 2.24) is 0 Å². The standard InChI is InChI=1S/C83H132O17P2/c1-5-9-13-17-21-25-29-33-36-38-41-45-48-52-56-60-64-68-81(86)94-74-79(100-83(88)70-66-62-58-54-50-46-42-39-37-34-30-26-22-18-14-10-6-2)76-98-102(91,92)96-72-77(84)71-95-101(89,90)97-75-78(99-82(87)69-65-61-57-53-49-43-32-28-24-20-16-12-8-4)73-93-80(85)67-63-59-55-51-47-44-40-35-31-27-23-19-15-11-7-3/h9-11,13-15,21-23,25-28,32-37,40-42,45-47,51-52,54,56,58,77-79,84H,5-8,12,16-20,24,29-31,38-39,43-44,48-50,53,55,57,59-76H2,1-4H3,(H,89,90)(H,91,92)/b13-9-,14-10-,15-11-,25-21-,26-22-,27-23-,32-28-,36-33-,37-34-,40-35-,45-41-,46-42-,51-47-,56-52-,58-54-. The van der Waals surface area contributed by atoms with Crippen LogP contribution in [0.3, 0.4) is 0 Å². The Balaban J connectivity index is 5.52. The molecule has 0 aliphatic heterocycles. The molecule has 576 valence electrons. The molecule has 0 saturated heterocycles. The number of carbonyl (C=O) groups is 4. The minimum absolute atomic E-state index is 0.00409. The highest BCUT2D eigenvalue weighted by Crippen LogP contribution is 2.45.